The van der Waals surface area contributed by atoms with E-state index in [1.165, 1.54) is 11.3 Å². The van der Waals surface area contributed by atoms with Crippen molar-refractivity contribution in [1.29, 1.82) is 0 Å². The van der Waals surface area contributed by atoms with Crippen LogP contribution in [0, 0.1) is 0 Å². The molecule has 0 aliphatic rings. The monoisotopic (exact) mass is 327 g/mol. The van der Waals surface area contributed by atoms with Gasteiger partial charge in [-0.1, -0.05) is 23.5 Å². The van der Waals surface area contributed by atoms with Gasteiger partial charge in [-0.25, -0.2) is 15.0 Å². The van der Waals surface area contributed by atoms with Gasteiger partial charge in [0.1, 0.15) is 5.75 Å². The van der Waals surface area contributed by atoms with E-state index >= 15 is 0 Å². The van der Waals surface area contributed by atoms with Crippen LogP contribution in [0.3, 0.4) is 0 Å². The van der Waals surface area contributed by atoms with Crippen LogP contribution in [0.15, 0.2) is 36.5 Å². The highest BCUT2D eigenvalue weighted by Gasteiger charge is 2.12. The first kappa shape index (κ1) is 15.2. The van der Waals surface area contributed by atoms with Crippen LogP contribution in [-0.2, 0) is 0 Å². The molecule has 0 spiro atoms. The van der Waals surface area contributed by atoms with Gasteiger partial charge >= 0.3 is 0 Å². The van der Waals surface area contributed by atoms with Gasteiger partial charge in [0.2, 0.25) is 5.95 Å². The number of para-hydroxylation sites is 1. The number of aromatic hydroxyl groups is 1. The lowest BCUT2D eigenvalue weighted by atomic mass is 10.1. The summed E-state index contributed by atoms with van der Waals surface area (Å²) in [7, 11) is 0. The molecule has 3 rings (SSSR count). The van der Waals surface area contributed by atoms with Crippen molar-refractivity contribution in [3.63, 3.8) is 0 Å². The summed E-state index contributed by atoms with van der Waals surface area (Å²) in [5.41, 5.74) is 7.72. The Bertz CT molecular complexity index is 831. The number of phenolic OH excluding ortho intramolecular Hbond substituents is 1. The summed E-state index contributed by atoms with van der Waals surface area (Å²) in [6.07, 6.45) is 1.76. The van der Waals surface area contributed by atoms with Gasteiger partial charge in [-0.3, -0.25) is 0 Å². The van der Waals surface area contributed by atoms with Gasteiger partial charge < -0.3 is 16.2 Å². The smallest absolute Gasteiger partial charge is 0.221 e. The zero-order valence-corrected chi connectivity index (χ0v) is 13.6. The van der Waals surface area contributed by atoms with Gasteiger partial charge in [-0.15, -0.1) is 0 Å². The van der Waals surface area contributed by atoms with Crippen molar-refractivity contribution in [1.82, 2.24) is 15.0 Å². The van der Waals surface area contributed by atoms with Gasteiger partial charge in [0.25, 0.3) is 0 Å². The molecule has 0 saturated carbocycles. The highest BCUT2D eigenvalue weighted by Crippen LogP contribution is 2.33. The maximum absolute atomic E-state index is 10.00. The minimum absolute atomic E-state index is 0.156. The number of thiazole rings is 1. The summed E-state index contributed by atoms with van der Waals surface area (Å²) < 4.78 is 0. The number of benzene rings is 1. The van der Waals surface area contributed by atoms with Gasteiger partial charge in [-0.05, 0) is 32.0 Å². The molecular formula is C16H17N5OS. The minimum atomic E-state index is 0.156. The van der Waals surface area contributed by atoms with Crippen LogP contribution < -0.4 is 11.1 Å². The lowest BCUT2D eigenvalue weighted by Crippen LogP contribution is -2.08. The number of aromatic nitrogens is 3. The summed E-state index contributed by atoms with van der Waals surface area (Å²) in [5.74, 6) is 0.315. The average Bonchev–Trinajstić information content (AvgIpc) is 2.95. The van der Waals surface area contributed by atoms with Crippen molar-refractivity contribution < 1.29 is 5.11 Å². The first-order valence-corrected chi connectivity index (χ1v) is 8.00. The molecule has 118 valence electrons. The molecule has 0 unspecified atom stereocenters. The Kier molecular flexibility index (Phi) is 4.12. The van der Waals surface area contributed by atoms with E-state index in [4.69, 9.17) is 5.73 Å². The van der Waals surface area contributed by atoms with Crippen LogP contribution >= 0.6 is 11.3 Å². The molecule has 23 heavy (non-hydrogen) atoms. The summed E-state index contributed by atoms with van der Waals surface area (Å²) >= 11 is 1.50. The van der Waals surface area contributed by atoms with E-state index < -0.39 is 0 Å². The van der Waals surface area contributed by atoms with Crippen molar-refractivity contribution >= 4 is 22.4 Å². The first-order chi connectivity index (χ1) is 11.0. The molecule has 7 heteroatoms. The quantitative estimate of drug-likeness (QED) is 0.680. The predicted octanol–water partition coefficient (Wildman–Crippen LogP) is 3.38. The zero-order valence-electron chi connectivity index (χ0n) is 12.8. The van der Waals surface area contributed by atoms with Crippen LogP contribution in [0.5, 0.6) is 5.75 Å². The molecule has 0 amide bonds. The molecular weight excluding hydrogens is 310 g/mol. The molecule has 0 aliphatic heterocycles. The molecule has 0 radical (unpaired) electrons. The average molecular weight is 327 g/mol. The van der Waals surface area contributed by atoms with Gasteiger partial charge in [0, 0.05) is 17.8 Å². The molecule has 4 N–H and O–H groups in total. The lowest BCUT2D eigenvalue weighted by molar-refractivity contribution is 0.477. The van der Waals surface area contributed by atoms with Gasteiger partial charge in [-0.2, -0.15) is 0 Å². The van der Waals surface area contributed by atoms with E-state index in [1.54, 1.807) is 30.5 Å². The molecule has 3 aromatic rings. The largest absolute Gasteiger partial charge is 0.507 e. The van der Waals surface area contributed by atoms with Crippen LogP contribution in [0.25, 0.3) is 21.8 Å². The SMILES string of the molecule is CC(C)Nc1ncc(-c2cc(-c3ccccc3O)nc(N)n2)s1. The fourth-order valence-electron chi connectivity index (χ4n) is 2.13. The highest BCUT2D eigenvalue weighted by atomic mass is 32.1. The Labute approximate surface area is 138 Å². The van der Waals surface area contributed by atoms with Crippen molar-refractivity contribution in [2.45, 2.75) is 19.9 Å². The summed E-state index contributed by atoms with van der Waals surface area (Å²) in [6.45, 7) is 4.11. The third-order valence-corrected chi connectivity index (χ3v) is 4.04. The van der Waals surface area contributed by atoms with E-state index in [1.807, 2.05) is 6.07 Å². The number of phenols is 1. The standard InChI is InChI=1S/C16H17N5OS/c1-9(2)19-16-18-8-14(23-16)12-7-11(20-15(17)21-12)10-5-3-4-6-13(10)22/h3-9,22H,1-2H3,(H,18,19)(H2,17,20,21). The predicted molar refractivity (Wildman–Crippen MR) is 93.4 cm³/mol. The van der Waals surface area contributed by atoms with Gasteiger partial charge in [0.05, 0.1) is 16.3 Å². The summed E-state index contributed by atoms with van der Waals surface area (Å²) in [6, 6.07) is 9.12. The summed E-state index contributed by atoms with van der Waals surface area (Å²) in [5, 5.41) is 14.1. The molecule has 2 aromatic heterocycles. The van der Waals surface area contributed by atoms with E-state index in [9.17, 15) is 5.11 Å². The number of nitrogen functional groups attached to an aromatic ring is 1. The number of rotatable bonds is 4. The van der Waals surface area contributed by atoms with Crippen LogP contribution in [0.2, 0.25) is 0 Å². The number of anilines is 2. The van der Waals surface area contributed by atoms with Crippen molar-refractivity contribution in [2.75, 3.05) is 11.1 Å². The molecule has 0 saturated heterocycles. The van der Waals surface area contributed by atoms with Crippen LogP contribution in [0.4, 0.5) is 11.1 Å². The molecule has 2 heterocycles. The third-order valence-electron chi connectivity index (χ3n) is 3.09. The second kappa shape index (κ2) is 6.21. The highest BCUT2D eigenvalue weighted by molar-refractivity contribution is 7.18. The fraction of sp³-hybridized carbons (Fsp3) is 0.188. The number of hydrogen-bond donors (Lipinski definition) is 3. The topological polar surface area (TPSA) is 97.0 Å². The van der Waals surface area contributed by atoms with Crippen molar-refractivity contribution in [3.8, 4) is 27.6 Å². The number of nitrogens with one attached hydrogen (secondary N) is 1. The second-order valence-electron chi connectivity index (χ2n) is 5.34. The molecule has 0 atom stereocenters. The Hall–Kier alpha value is -2.67. The van der Waals surface area contributed by atoms with Crippen LogP contribution in [0.1, 0.15) is 13.8 Å². The second-order valence-corrected chi connectivity index (χ2v) is 6.37. The summed E-state index contributed by atoms with van der Waals surface area (Å²) in [4.78, 5) is 13.7. The van der Waals surface area contributed by atoms with Crippen molar-refractivity contribution in [2.24, 2.45) is 0 Å². The molecule has 6 nitrogen and oxygen atoms in total. The Morgan fingerprint density at radius 1 is 1.17 bits per heavy atom. The fourth-order valence-corrected chi connectivity index (χ4v) is 3.05. The molecule has 0 bridgehead atoms. The third kappa shape index (κ3) is 3.40. The van der Waals surface area contributed by atoms with E-state index in [0.29, 0.717) is 23.0 Å². The molecule has 0 fully saturated rings. The van der Waals surface area contributed by atoms with Crippen LogP contribution in [-0.4, -0.2) is 26.1 Å². The Morgan fingerprint density at radius 3 is 2.65 bits per heavy atom. The normalized spacial score (nSPS) is 10.9. The zero-order chi connectivity index (χ0) is 16.4. The maximum atomic E-state index is 10.00. The molecule has 1 aromatic carbocycles. The van der Waals surface area contributed by atoms with E-state index in [2.05, 4.69) is 34.1 Å². The van der Waals surface area contributed by atoms with E-state index in [-0.39, 0.29) is 11.7 Å². The first-order valence-electron chi connectivity index (χ1n) is 7.18. The molecule has 0 aliphatic carbocycles. The minimum Gasteiger partial charge on any atom is -0.507 e. The Morgan fingerprint density at radius 2 is 1.91 bits per heavy atom. The Balaban J connectivity index is 2.01. The lowest BCUT2D eigenvalue weighted by Gasteiger charge is -2.06. The number of hydrogen-bond acceptors (Lipinski definition) is 7. The number of nitrogens with two attached hydrogens (primary N) is 1. The van der Waals surface area contributed by atoms with Crippen molar-refractivity contribution in [3.05, 3.63) is 36.5 Å². The van der Waals surface area contributed by atoms with E-state index in [0.717, 1.165) is 10.0 Å². The van der Waals surface area contributed by atoms with Gasteiger partial charge in [0.15, 0.2) is 5.13 Å². The maximum Gasteiger partial charge on any atom is 0.221 e. The number of nitrogens with zero attached hydrogens (tertiary/aromatic N) is 3.